The number of aromatic nitrogens is 5. The fraction of sp³-hybridized carbons (Fsp3) is 0.412. The van der Waals surface area contributed by atoms with E-state index in [2.05, 4.69) is 29.5 Å². The lowest BCUT2D eigenvalue weighted by Gasteiger charge is -2.32. The van der Waals surface area contributed by atoms with Gasteiger partial charge < -0.3 is 9.64 Å². The zero-order chi connectivity index (χ0) is 16.4. The van der Waals surface area contributed by atoms with Crippen LogP contribution in [-0.4, -0.2) is 44.3 Å². The molecule has 0 radical (unpaired) electrons. The molecule has 3 aromatic rings. The molecule has 0 spiro atoms. The molecule has 1 saturated heterocycles. The minimum absolute atomic E-state index is 0.423. The van der Waals surface area contributed by atoms with Gasteiger partial charge in [0.15, 0.2) is 5.65 Å². The van der Waals surface area contributed by atoms with Gasteiger partial charge in [-0.15, -0.1) is 10.2 Å². The average Bonchev–Trinajstić information content (AvgIpc) is 3.07. The fourth-order valence-electron chi connectivity index (χ4n) is 3.23. The number of pyridine rings is 1. The second kappa shape index (κ2) is 6.43. The lowest BCUT2D eigenvalue weighted by atomic mass is 9.96. The summed E-state index contributed by atoms with van der Waals surface area (Å²) in [6, 6.07) is 7.91. The molecule has 124 valence electrons. The Labute approximate surface area is 140 Å². The van der Waals surface area contributed by atoms with Crippen LogP contribution in [0.1, 0.15) is 31.5 Å². The Balaban J connectivity index is 1.48. The molecular weight excluding hydrogens is 304 g/mol. The summed E-state index contributed by atoms with van der Waals surface area (Å²) < 4.78 is 7.56. The first-order valence-electron chi connectivity index (χ1n) is 8.34. The molecule has 7 heteroatoms. The molecule has 0 unspecified atom stereocenters. The van der Waals surface area contributed by atoms with Crippen LogP contribution in [-0.2, 0) is 0 Å². The van der Waals surface area contributed by atoms with Crippen LogP contribution in [0.15, 0.2) is 36.8 Å². The highest BCUT2D eigenvalue weighted by Gasteiger charge is 2.25. The summed E-state index contributed by atoms with van der Waals surface area (Å²) in [7, 11) is 0. The summed E-state index contributed by atoms with van der Waals surface area (Å²) in [6.45, 7) is 4.44. The topological polar surface area (TPSA) is 68.4 Å². The van der Waals surface area contributed by atoms with E-state index in [1.807, 2.05) is 37.4 Å². The number of piperidine rings is 1. The van der Waals surface area contributed by atoms with Gasteiger partial charge in [0.1, 0.15) is 18.0 Å². The Bertz CT molecular complexity index is 825. The summed E-state index contributed by atoms with van der Waals surface area (Å²) in [5.41, 5.74) is 0.909. The van der Waals surface area contributed by atoms with Gasteiger partial charge in [0.25, 0.3) is 0 Å². The van der Waals surface area contributed by atoms with E-state index in [0.717, 1.165) is 43.2 Å². The van der Waals surface area contributed by atoms with Crippen molar-refractivity contribution < 1.29 is 4.74 Å². The van der Waals surface area contributed by atoms with Crippen molar-refractivity contribution in [2.45, 2.75) is 25.7 Å². The molecule has 3 aromatic heterocycles. The van der Waals surface area contributed by atoms with E-state index < -0.39 is 0 Å². The second-order valence-electron chi connectivity index (χ2n) is 5.90. The zero-order valence-corrected chi connectivity index (χ0v) is 13.7. The van der Waals surface area contributed by atoms with Crippen molar-refractivity contribution in [1.82, 2.24) is 24.6 Å². The lowest BCUT2D eigenvalue weighted by Crippen LogP contribution is -2.34. The third kappa shape index (κ3) is 2.77. The normalized spacial score (nSPS) is 15.8. The van der Waals surface area contributed by atoms with E-state index in [0.29, 0.717) is 18.4 Å². The number of rotatable bonds is 4. The van der Waals surface area contributed by atoms with Crippen molar-refractivity contribution >= 4 is 11.5 Å². The van der Waals surface area contributed by atoms with Gasteiger partial charge >= 0.3 is 0 Å². The largest absolute Gasteiger partial charge is 0.478 e. The monoisotopic (exact) mass is 324 g/mol. The number of hydrogen-bond acceptors (Lipinski definition) is 6. The maximum Gasteiger partial charge on any atom is 0.218 e. The number of fused-ring (bicyclic) bond motifs is 1. The third-order valence-electron chi connectivity index (χ3n) is 4.44. The summed E-state index contributed by atoms with van der Waals surface area (Å²) in [5, 5.41) is 8.67. The predicted molar refractivity (Wildman–Crippen MR) is 90.4 cm³/mol. The number of hydrogen-bond donors (Lipinski definition) is 0. The van der Waals surface area contributed by atoms with E-state index in [1.54, 1.807) is 6.33 Å². The van der Waals surface area contributed by atoms with Crippen LogP contribution in [0.5, 0.6) is 5.88 Å². The highest BCUT2D eigenvalue weighted by atomic mass is 16.5. The molecule has 4 heterocycles. The molecule has 0 aliphatic carbocycles. The van der Waals surface area contributed by atoms with Gasteiger partial charge in [-0.3, -0.25) is 4.40 Å². The Morgan fingerprint density at radius 3 is 2.88 bits per heavy atom. The molecule has 0 amide bonds. The highest BCUT2D eigenvalue weighted by molar-refractivity contribution is 5.42. The molecule has 1 fully saturated rings. The van der Waals surface area contributed by atoms with Gasteiger partial charge in [-0.05, 0) is 31.9 Å². The highest BCUT2D eigenvalue weighted by Crippen LogP contribution is 2.29. The van der Waals surface area contributed by atoms with Gasteiger partial charge in [0.2, 0.25) is 5.88 Å². The third-order valence-corrected chi connectivity index (χ3v) is 4.44. The molecule has 7 nitrogen and oxygen atoms in total. The molecule has 24 heavy (non-hydrogen) atoms. The van der Waals surface area contributed by atoms with E-state index in [9.17, 15) is 0 Å². The second-order valence-corrected chi connectivity index (χ2v) is 5.90. The van der Waals surface area contributed by atoms with E-state index in [-0.39, 0.29) is 0 Å². The van der Waals surface area contributed by atoms with E-state index >= 15 is 0 Å². The van der Waals surface area contributed by atoms with E-state index in [1.165, 1.54) is 0 Å². The van der Waals surface area contributed by atoms with Crippen molar-refractivity contribution in [3.8, 4) is 5.88 Å². The summed E-state index contributed by atoms with van der Waals surface area (Å²) in [5.74, 6) is 3.04. The van der Waals surface area contributed by atoms with Gasteiger partial charge in [0, 0.05) is 31.3 Å². The minimum atomic E-state index is 0.423. The Morgan fingerprint density at radius 2 is 2.04 bits per heavy atom. The predicted octanol–water partition coefficient (Wildman–Crippen LogP) is 2.30. The maximum absolute atomic E-state index is 5.47. The van der Waals surface area contributed by atoms with E-state index in [4.69, 9.17) is 4.74 Å². The Kier molecular flexibility index (Phi) is 3.98. The molecule has 1 aliphatic rings. The smallest absolute Gasteiger partial charge is 0.218 e. The molecule has 1 aliphatic heterocycles. The van der Waals surface area contributed by atoms with Crippen molar-refractivity contribution in [1.29, 1.82) is 0 Å². The molecule has 0 N–H and O–H groups in total. The Hall–Kier alpha value is -2.70. The SMILES string of the molecule is CCOc1cc(N2CCC(c3nnc4ccccn34)CC2)ncn1. The van der Waals surface area contributed by atoms with Crippen molar-refractivity contribution in [3.63, 3.8) is 0 Å². The first-order valence-corrected chi connectivity index (χ1v) is 8.34. The zero-order valence-electron chi connectivity index (χ0n) is 13.7. The van der Waals surface area contributed by atoms with Crippen LogP contribution in [0.3, 0.4) is 0 Å². The van der Waals surface area contributed by atoms with Crippen LogP contribution in [0.2, 0.25) is 0 Å². The molecule has 0 saturated carbocycles. The number of anilines is 1. The maximum atomic E-state index is 5.47. The first kappa shape index (κ1) is 14.9. The number of ether oxygens (including phenoxy) is 1. The quantitative estimate of drug-likeness (QED) is 0.733. The minimum Gasteiger partial charge on any atom is -0.478 e. The van der Waals surface area contributed by atoms with Gasteiger partial charge in [0.05, 0.1) is 6.61 Å². The number of nitrogens with zero attached hydrogens (tertiary/aromatic N) is 6. The molecule has 0 aromatic carbocycles. The Morgan fingerprint density at radius 1 is 1.17 bits per heavy atom. The van der Waals surface area contributed by atoms with Crippen LogP contribution in [0.25, 0.3) is 5.65 Å². The van der Waals surface area contributed by atoms with Crippen molar-refractivity contribution in [3.05, 3.63) is 42.6 Å². The molecule has 0 bridgehead atoms. The molecular formula is C17H20N6O. The first-order chi connectivity index (χ1) is 11.8. The summed E-state index contributed by atoms with van der Waals surface area (Å²) >= 11 is 0. The summed E-state index contributed by atoms with van der Waals surface area (Å²) in [4.78, 5) is 10.8. The molecule has 0 atom stereocenters. The van der Waals surface area contributed by atoms with Gasteiger partial charge in [-0.1, -0.05) is 6.07 Å². The van der Waals surface area contributed by atoms with Crippen molar-refractivity contribution in [2.75, 3.05) is 24.6 Å². The van der Waals surface area contributed by atoms with Crippen LogP contribution < -0.4 is 9.64 Å². The summed E-state index contributed by atoms with van der Waals surface area (Å²) in [6.07, 6.45) is 5.67. The van der Waals surface area contributed by atoms with Gasteiger partial charge in [-0.25, -0.2) is 9.97 Å². The average molecular weight is 324 g/mol. The van der Waals surface area contributed by atoms with Crippen molar-refractivity contribution in [2.24, 2.45) is 0 Å². The molecule has 4 rings (SSSR count). The lowest BCUT2D eigenvalue weighted by molar-refractivity contribution is 0.326. The standard InChI is InChI=1S/C17H20N6O/c1-2-24-16-11-15(18-12-19-16)22-9-6-13(7-10-22)17-21-20-14-5-3-4-8-23(14)17/h3-5,8,11-13H,2,6-7,9-10H2,1H3. The van der Waals surface area contributed by atoms with Gasteiger partial charge in [-0.2, -0.15) is 0 Å². The van der Waals surface area contributed by atoms with Crippen LogP contribution in [0, 0.1) is 0 Å². The van der Waals surface area contributed by atoms with Crippen LogP contribution >= 0.6 is 0 Å². The fourth-order valence-corrected chi connectivity index (χ4v) is 3.23. The van der Waals surface area contributed by atoms with Crippen LogP contribution in [0.4, 0.5) is 5.82 Å².